The van der Waals surface area contributed by atoms with Crippen molar-refractivity contribution in [2.45, 2.75) is 51.2 Å². The number of carboxylic acid groups (broad SMARTS) is 1. The van der Waals surface area contributed by atoms with Crippen LogP contribution in [0.4, 0.5) is 0 Å². The molecular formula is C32H36N4O5. The summed E-state index contributed by atoms with van der Waals surface area (Å²) in [5, 5.41) is 22.9. The van der Waals surface area contributed by atoms with Gasteiger partial charge in [-0.3, -0.25) is 9.69 Å². The third-order valence-corrected chi connectivity index (χ3v) is 9.48. The Morgan fingerprint density at radius 2 is 2.00 bits per heavy atom. The monoisotopic (exact) mass is 556 g/mol. The van der Waals surface area contributed by atoms with Crippen molar-refractivity contribution in [3.8, 4) is 11.8 Å². The Bertz CT molecular complexity index is 1500. The van der Waals surface area contributed by atoms with Crippen molar-refractivity contribution in [1.82, 2.24) is 15.2 Å². The third kappa shape index (κ3) is 5.07. The number of rotatable bonds is 8. The van der Waals surface area contributed by atoms with Crippen molar-refractivity contribution in [2.24, 2.45) is 17.3 Å². The fraction of sp³-hybridized carbons (Fsp3) is 0.469. The molecule has 0 radical (unpaired) electrons. The van der Waals surface area contributed by atoms with Crippen LogP contribution in [0.15, 0.2) is 42.6 Å². The van der Waals surface area contributed by atoms with Gasteiger partial charge in [-0.2, -0.15) is 5.26 Å². The molecule has 2 saturated heterocycles. The number of aliphatic carboxylic acids is 1. The zero-order chi connectivity index (χ0) is 28.7. The number of carboxylic acids is 1. The lowest BCUT2D eigenvalue weighted by Crippen LogP contribution is -2.52. The predicted molar refractivity (Wildman–Crippen MR) is 152 cm³/mol. The summed E-state index contributed by atoms with van der Waals surface area (Å²) in [6, 6.07) is 13.4. The molecule has 3 heterocycles. The first-order chi connectivity index (χ1) is 19.8. The maximum absolute atomic E-state index is 12.9. The molecule has 0 bridgehead atoms. The zero-order valence-corrected chi connectivity index (χ0v) is 23.5. The Hall–Kier alpha value is -3.87. The Morgan fingerprint density at radius 1 is 1.24 bits per heavy atom. The number of benzene rings is 2. The number of ether oxygens (including phenoxy) is 2. The molecule has 1 spiro atoms. The molecule has 1 amide bonds. The second kappa shape index (κ2) is 10.8. The van der Waals surface area contributed by atoms with Crippen molar-refractivity contribution in [3.63, 3.8) is 0 Å². The number of aryl methyl sites for hydroxylation is 1. The lowest BCUT2D eigenvalue weighted by atomic mass is 9.56. The fourth-order valence-corrected chi connectivity index (χ4v) is 7.04. The van der Waals surface area contributed by atoms with Crippen LogP contribution in [-0.4, -0.2) is 59.8 Å². The largest absolute Gasteiger partial charge is 0.496 e. The average molecular weight is 557 g/mol. The molecule has 2 atom stereocenters. The number of carbonyl (C=O) groups excluding carboxylic acids is 1. The maximum Gasteiger partial charge on any atom is 0.326 e. The summed E-state index contributed by atoms with van der Waals surface area (Å²) in [6.07, 6.45) is 5.84. The number of piperidine rings is 1. The summed E-state index contributed by atoms with van der Waals surface area (Å²) in [6.45, 7) is 4.37. The van der Waals surface area contributed by atoms with E-state index < -0.39 is 17.9 Å². The van der Waals surface area contributed by atoms with E-state index in [1.54, 1.807) is 19.2 Å². The molecule has 3 aliphatic rings. The Balaban J connectivity index is 1.26. The van der Waals surface area contributed by atoms with Crippen LogP contribution in [-0.2, 0) is 16.1 Å². The van der Waals surface area contributed by atoms with E-state index in [-0.39, 0.29) is 23.3 Å². The van der Waals surface area contributed by atoms with Gasteiger partial charge in [0.25, 0.3) is 5.91 Å². The number of carbonyl (C=O) groups is 2. The number of likely N-dealkylation sites (tertiary alicyclic amines) is 1. The van der Waals surface area contributed by atoms with Gasteiger partial charge >= 0.3 is 5.97 Å². The van der Waals surface area contributed by atoms with Gasteiger partial charge in [0, 0.05) is 52.6 Å². The molecule has 41 heavy (non-hydrogen) atoms. The van der Waals surface area contributed by atoms with Gasteiger partial charge in [0.15, 0.2) is 0 Å². The highest BCUT2D eigenvalue weighted by molar-refractivity contribution is 5.96. The number of nitrogens with zero attached hydrogens (tertiary/aromatic N) is 2. The van der Waals surface area contributed by atoms with Crippen molar-refractivity contribution in [1.29, 1.82) is 5.26 Å². The zero-order valence-electron chi connectivity index (χ0n) is 23.5. The molecule has 9 nitrogen and oxygen atoms in total. The van der Waals surface area contributed by atoms with Crippen LogP contribution < -0.4 is 10.1 Å². The van der Waals surface area contributed by atoms with Crippen LogP contribution in [0.5, 0.6) is 5.75 Å². The van der Waals surface area contributed by atoms with E-state index in [0.29, 0.717) is 25.3 Å². The van der Waals surface area contributed by atoms with Gasteiger partial charge in [0.1, 0.15) is 11.8 Å². The van der Waals surface area contributed by atoms with E-state index >= 15 is 0 Å². The number of hydrogen-bond donors (Lipinski definition) is 3. The van der Waals surface area contributed by atoms with Gasteiger partial charge in [-0.05, 0) is 80.0 Å². The van der Waals surface area contributed by atoms with Crippen molar-refractivity contribution < 1.29 is 24.2 Å². The highest BCUT2D eigenvalue weighted by atomic mass is 16.5. The van der Waals surface area contributed by atoms with E-state index in [4.69, 9.17) is 9.47 Å². The smallest absolute Gasteiger partial charge is 0.326 e. The summed E-state index contributed by atoms with van der Waals surface area (Å²) in [7, 11) is 1.71. The topological polar surface area (TPSA) is 128 Å². The van der Waals surface area contributed by atoms with Crippen LogP contribution >= 0.6 is 0 Å². The van der Waals surface area contributed by atoms with E-state index in [0.717, 1.165) is 65.6 Å². The van der Waals surface area contributed by atoms with Crippen LogP contribution in [0.25, 0.3) is 10.9 Å². The minimum atomic E-state index is -1.05. The predicted octanol–water partition coefficient (Wildman–Crippen LogP) is 4.57. The number of fused-ring (bicyclic) bond motifs is 1. The number of methoxy groups -OCH3 is 1. The van der Waals surface area contributed by atoms with Gasteiger partial charge in [-0.15, -0.1) is 0 Å². The molecule has 6 rings (SSSR count). The second-order valence-electron chi connectivity index (χ2n) is 12.0. The van der Waals surface area contributed by atoms with Gasteiger partial charge in [0.2, 0.25) is 0 Å². The van der Waals surface area contributed by atoms with Gasteiger partial charge in [-0.1, -0.05) is 12.1 Å². The lowest BCUT2D eigenvalue weighted by molar-refractivity contribution is -0.146. The van der Waals surface area contributed by atoms with E-state index in [2.05, 4.69) is 40.3 Å². The quantitative estimate of drug-likeness (QED) is 0.371. The Morgan fingerprint density at radius 3 is 2.63 bits per heavy atom. The molecule has 2 aliphatic heterocycles. The van der Waals surface area contributed by atoms with Crippen molar-refractivity contribution >= 4 is 22.8 Å². The van der Waals surface area contributed by atoms with Gasteiger partial charge in [0.05, 0.1) is 26.4 Å². The van der Waals surface area contributed by atoms with Crippen LogP contribution in [0.2, 0.25) is 0 Å². The number of hydrogen-bond acceptors (Lipinski definition) is 6. The molecule has 3 aromatic rings. The molecule has 214 valence electrons. The Kier molecular flexibility index (Phi) is 7.22. The van der Waals surface area contributed by atoms with Crippen molar-refractivity contribution in [2.75, 3.05) is 26.9 Å². The first-order valence-corrected chi connectivity index (χ1v) is 14.3. The maximum atomic E-state index is 12.9. The molecule has 3 fully saturated rings. The van der Waals surface area contributed by atoms with Gasteiger partial charge < -0.3 is 24.9 Å². The highest BCUT2D eigenvalue weighted by Crippen LogP contribution is 2.56. The van der Waals surface area contributed by atoms with Gasteiger partial charge in [-0.25, -0.2) is 4.79 Å². The van der Waals surface area contributed by atoms with E-state index in [1.807, 2.05) is 18.3 Å². The molecule has 1 aromatic heterocycles. The standard InChI is InChI=1S/C32H36N4O5/c1-19-11-27(40-2)25(24-7-9-34-28(19)24)16-36-10-8-32(12-20(13-32)15-33)14-26(36)21-3-5-22(6-4-21)30(37)35-29(31(38)39)23-17-41-18-23/h3-7,9,11,20,23,26,29,34H,8,10,12-14,16-18H2,1-2H3,(H,35,37)(H,38,39)/t20?,26-,29?,32?/m0/s1. The van der Waals surface area contributed by atoms with Crippen molar-refractivity contribution in [3.05, 3.63) is 64.8 Å². The van der Waals surface area contributed by atoms with Crippen LogP contribution in [0, 0.1) is 35.5 Å². The molecule has 9 heteroatoms. The highest BCUT2D eigenvalue weighted by Gasteiger charge is 2.49. The first-order valence-electron chi connectivity index (χ1n) is 14.3. The van der Waals surface area contributed by atoms with E-state index in [1.165, 1.54) is 0 Å². The average Bonchev–Trinajstić information content (AvgIpc) is 3.43. The number of H-pyrrole nitrogens is 1. The fourth-order valence-electron chi connectivity index (χ4n) is 7.04. The minimum absolute atomic E-state index is 0.111. The summed E-state index contributed by atoms with van der Waals surface area (Å²) < 4.78 is 11.0. The molecular weight excluding hydrogens is 520 g/mol. The normalized spacial score (nSPS) is 25.2. The number of nitriles is 1. The van der Waals surface area contributed by atoms with Crippen LogP contribution in [0.1, 0.15) is 58.8 Å². The molecule has 1 saturated carbocycles. The number of amides is 1. The second-order valence-corrected chi connectivity index (χ2v) is 12.0. The molecule has 1 aliphatic carbocycles. The molecule has 1 unspecified atom stereocenters. The SMILES string of the molecule is COc1cc(C)c2[nH]ccc2c1CN1CCC2(CC(C#N)C2)C[C@H]1c1ccc(C(=O)NC(C(=O)O)C2COC2)cc1. The minimum Gasteiger partial charge on any atom is -0.496 e. The summed E-state index contributed by atoms with van der Waals surface area (Å²) in [5.41, 5.74) is 5.11. The number of nitrogens with one attached hydrogen (secondary N) is 2. The summed E-state index contributed by atoms with van der Waals surface area (Å²) >= 11 is 0. The Labute approximate surface area is 239 Å². The first kappa shape index (κ1) is 27.3. The molecule has 3 N–H and O–H groups in total. The number of aromatic nitrogens is 1. The van der Waals surface area contributed by atoms with Crippen LogP contribution in [0.3, 0.4) is 0 Å². The third-order valence-electron chi connectivity index (χ3n) is 9.48. The molecule has 2 aromatic carbocycles. The van der Waals surface area contributed by atoms with E-state index in [9.17, 15) is 20.0 Å². The lowest BCUT2D eigenvalue weighted by Gasteiger charge is -2.53. The summed E-state index contributed by atoms with van der Waals surface area (Å²) in [4.78, 5) is 30.5. The number of aromatic amines is 1. The summed E-state index contributed by atoms with van der Waals surface area (Å²) in [5.74, 6) is -0.659.